The smallest absolute Gasteiger partial charge is 0.251 e. The molecule has 0 aromatic heterocycles. The van der Waals surface area contributed by atoms with E-state index in [9.17, 15) is 9.18 Å². The Hall–Kier alpha value is -2.54. The van der Waals surface area contributed by atoms with Crippen molar-refractivity contribution in [1.82, 2.24) is 16.0 Å². The van der Waals surface area contributed by atoms with Crippen molar-refractivity contribution in [3.63, 3.8) is 0 Å². The van der Waals surface area contributed by atoms with Crippen LogP contribution in [0.5, 0.6) is 0 Å². The first-order chi connectivity index (χ1) is 13.1. The zero-order valence-corrected chi connectivity index (χ0v) is 16.4. The van der Waals surface area contributed by atoms with Gasteiger partial charge < -0.3 is 16.0 Å². The molecule has 2 rings (SSSR count). The normalized spacial score (nSPS) is 11.1. The third kappa shape index (κ3) is 6.94. The van der Waals surface area contributed by atoms with Crippen molar-refractivity contribution in [3.8, 4) is 0 Å². The molecule has 2 aromatic rings. The van der Waals surface area contributed by atoms with E-state index in [1.54, 1.807) is 32.3 Å². The highest BCUT2D eigenvalue weighted by Gasteiger charge is 2.04. The highest BCUT2D eigenvalue weighted by Crippen LogP contribution is 2.20. The summed E-state index contributed by atoms with van der Waals surface area (Å²) < 4.78 is 13.6. The van der Waals surface area contributed by atoms with Gasteiger partial charge in [-0.1, -0.05) is 24.3 Å². The van der Waals surface area contributed by atoms with Gasteiger partial charge in [0.25, 0.3) is 5.91 Å². The van der Waals surface area contributed by atoms with Crippen LogP contribution in [0.3, 0.4) is 0 Å². The average molecular weight is 389 g/mol. The molecule has 0 saturated carbocycles. The fourth-order valence-electron chi connectivity index (χ4n) is 2.45. The van der Waals surface area contributed by atoms with Crippen molar-refractivity contribution in [2.45, 2.75) is 11.3 Å². The second-order valence-corrected chi connectivity index (χ2v) is 6.87. The predicted octanol–water partition coefficient (Wildman–Crippen LogP) is 2.69. The molecule has 1 amide bonds. The Morgan fingerprint density at radius 1 is 1.11 bits per heavy atom. The zero-order chi connectivity index (χ0) is 19.5. The molecule has 0 radical (unpaired) electrons. The number of nitrogens with one attached hydrogen (secondary N) is 3. The number of halogens is 1. The minimum absolute atomic E-state index is 0.0883. The molecule has 2 aromatic carbocycles. The van der Waals surface area contributed by atoms with Gasteiger partial charge in [0.15, 0.2) is 5.96 Å². The van der Waals surface area contributed by atoms with Gasteiger partial charge in [-0.3, -0.25) is 9.79 Å². The summed E-state index contributed by atoms with van der Waals surface area (Å²) in [6.45, 7) is 1.36. The molecule has 0 bridgehead atoms. The van der Waals surface area contributed by atoms with E-state index in [1.807, 2.05) is 24.3 Å². The van der Waals surface area contributed by atoms with E-state index in [-0.39, 0.29) is 11.7 Å². The van der Waals surface area contributed by atoms with E-state index in [2.05, 4.69) is 20.9 Å². The van der Waals surface area contributed by atoms with Crippen LogP contribution in [-0.4, -0.2) is 44.8 Å². The largest absolute Gasteiger partial charge is 0.356 e. The van der Waals surface area contributed by atoms with E-state index in [0.29, 0.717) is 29.5 Å². The van der Waals surface area contributed by atoms with E-state index < -0.39 is 0 Å². The maximum Gasteiger partial charge on any atom is 0.251 e. The summed E-state index contributed by atoms with van der Waals surface area (Å²) in [7, 11) is 3.34. The Morgan fingerprint density at radius 2 is 1.89 bits per heavy atom. The summed E-state index contributed by atoms with van der Waals surface area (Å²) >= 11 is 1.47. The summed E-state index contributed by atoms with van der Waals surface area (Å²) in [6, 6.07) is 14.3. The minimum atomic E-state index is -0.191. The zero-order valence-electron chi connectivity index (χ0n) is 15.6. The molecule has 0 aliphatic heterocycles. The van der Waals surface area contributed by atoms with Gasteiger partial charge in [-0.15, -0.1) is 11.8 Å². The highest BCUT2D eigenvalue weighted by molar-refractivity contribution is 7.99. The summed E-state index contributed by atoms with van der Waals surface area (Å²) in [4.78, 5) is 16.5. The Bertz CT molecular complexity index is 782. The number of aliphatic imine (C=N–C) groups is 1. The van der Waals surface area contributed by atoms with Gasteiger partial charge in [0.05, 0.1) is 0 Å². The van der Waals surface area contributed by atoms with Gasteiger partial charge in [0.1, 0.15) is 5.82 Å². The lowest BCUT2D eigenvalue weighted by atomic mass is 10.1. The number of hydrogen-bond donors (Lipinski definition) is 3. The van der Waals surface area contributed by atoms with Crippen molar-refractivity contribution >= 4 is 23.6 Å². The number of rotatable bonds is 8. The molecule has 0 aliphatic rings. The van der Waals surface area contributed by atoms with Crippen LogP contribution < -0.4 is 16.0 Å². The minimum Gasteiger partial charge on any atom is -0.356 e. The third-order valence-corrected chi connectivity index (χ3v) is 4.89. The van der Waals surface area contributed by atoms with Gasteiger partial charge in [0, 0.05) is 43.4 Å². The van der Waals surface area contributed by atoms with Crippen LogP contribution in [0.25, 0.3) is 0 Å². The number of nitrogens with zero attached hydrogens (tertiary/aromatic N) is 1. The van der Waals surface area contributed by atoms with Crippen LogP contribution in [0.2, 0.25) is 0 Å². The highest BCUT2D eigenvalue weighted by atomic mass is 32.2. The number of carbonyl (C=O) groups excluding carboxylic acids is 1. The molecule has 0 aliphatic carbocycles. The molecule has 0 unspecified atom stereocenters. The van der Waals surface area contributed by atoms with E-state index in [0.717, 1.165) is 17.7 Å². The van der Waals surface area contributed by atoms with Crippen molar-refractivity contribution in [1.29, 1.82) is 0 Å². The number of hydrogen-bond acceptors (Lipinski definition) is 3. The van der Waals surface area contributed by atoms with E-state index in [1.165, 1.54) is 17.8 Å². The quantitative estimate of drug-likeness (QED) is 0.282. The van der Waals surface area contributed by atoms with Crippen LogP contribution in [-0.2, 0) is 6.42 Å². The number of benzene rings is 2. The number of thioether (sulfide) groups is 1. The lowest BCUT2D eigenvalue weighted by molar-refractivity contribution is 0.0963. The molecule has 0 saturated heterocycles. The molecule has 0 fully saturated rings. The first-order valence-electron chi connectivity index (χ1n) is 8.77. The number of carbonyl (C=O) groups is 1. The van der Waals surface area contributed by atoms with Gasteiger partial charge >= 0.3 is 0 Å². The maximum atomic E-state index is 13.6. The molecule has 0 heterocycles. The first-order valence-corrected chi connectivity index (χ1v) is 9.75. The molecule has 144 valence electrons. The average Bonchev–Trinajstić information content (AvgIpc) is 2.70. The molecule has 27 heavy (non-hydrogen) atoms. The van der Waals surface area contributed by atoms with Gasteiger partial charge in [-0.2, -0.15) is 0 Å². The number of guanidine groups is 1. The summed E-state index contributed by atoms with van der Waals surface area (Å²) in [6.07, 6.45) is 0.773. The predicted molar refractivity (Wildman–Crippen MR) is 110 cm³/mol. The van der Waals surface area contributed by atoms with E-state index in [4.69, 9.17) is 0 Å². The van der Waals surface area contributed by atoms with Crippen LogP contribution >= 0.6 is 11.8 Å². The fourth-order valence-corrected chi connectivity index (χ4v) is 3.26. The van der Waals surface area contributed by atoms with Crippen LogP contribution in [0.4, 0.5) is 4.39 Å². The monoisotopic (exact) mass is 388 g/mol. The molecule has 5 nitrogen and oxygen atoms in total. The lowest BCUT2D eigenvalue weighted by Gasteiger charge is -2.12. The fraction of sp³-hybridized carbons (Fsp3) is 0.300. The first kappa shape index (κ1) is 20.8. The second-order valence-electron chi connectivity index (χ2n) is 5.73. The Kier molecular flexibility index (Phi) is 8.64. The van der Waals surface area contributed by atoms with Crippen molar-refractivity contribution in [2.75, 3.05) is 32.9 Å². The molecule has 0 atom stereocenters. The van der Waals surface area contributed by atoms with Gasteiger partial charge in [-0.25, -0.2) is 4.39 Å². The Labute approximate surface area is 163 Å². The van der Waals surface area contributed by atoms with Gasteiger partial charge in [0.2, 0.25) is 0 Å². The summed E-state index contributed by atoms with van der Waals surface area (Å²) in [5.41, 5.74) is 1.73. The SMILES string of the molecule is CN=C(NCCSc1ccccc1F)NCCc1cccc(C(=O)NC)c1. The standard InChI is InChI=1S/C20H25FN4OS/c1-22-19(26)16-7-5-6-15(14-16)10-11-24-20(23-2)25-12-13-27-18-9-4-3-8-17(18)21/h3-9,14H,10-13H2,1-2H3,(H,22,26)(H2,23,24,25). The topological polar surface area (TPSA) is 65.5 Å². The Morgan fingerprint density at radius 3 is 2.63 bits per heavy atom. The van der Waals surface area contributed by atoms with Crippen LogP contribution in [0.15, 0.2) is 58.4 Å². The van der Waals surface area contributed by atoms with E-state index >= 15 is 0 Å². The maximum absolute atomic E-state index is 13.6. The molecule has 7 heteroatoms. The molecule has 3 N–H and O–H groups in total. The van der Waals surface area contributed by atoms with Crippen LogP contribution in [0.1, 0.15) is 15.9 Å². The van der Waals surface area contributed by atoms with Crippen molar-refractivity contribution in [3.05, 3.63) is 65.5 Å². The van der Waals surface area contributed by atoms with Crippen molar-refractivity contribution in [2.24, 2.45) is 4.99 Å². The molecular formula is C20H25FN4OS. The summed E-state index contributed by atoms with van der Waals surface area (Å²) in [5, 5.41) is 9.09. The second kappa shape index (κ2) is 11.2. The third-order valence-electron chi connectivity index (χ3n) is 3.83. The molecule has 0 spiro atoms. The summed E-state index contributed by atoms with van der Waals surface area (Å²) in [5.74, 6) is 1.15. The Balaban J connectivity index is 1.71. The van der Waals surface area contributed by atoms with Crippen molar-refractivity contribution < 1.29 is 9.18 Å². The lowest BCUT2D eigenvalue weighted by Crippen LogP contribution is -2.39. The number of amides is 1. The van der Waals surface area contributed by atoms with Gasteiger partial charge in [-0.05, 0) is 36.2 Å². The van der Waals surface area contributed by atoms with Crippen LogP contribution in [0, 0.1) is 5.82 Å². The molecular weight excluding hydrogens is 363 g/mol.